The van der Waals surface area contributed by atoms with Crippen LogP contribution in [0.5, 0.6) is 0 Å². The van der Waals surface area contributed by atoms with E-state index in [9.17, 15) is 17.6 Å². The van der Waals surface area contributed by atoms with Crippen molar-refractivity contribution in [3.8, 4) is 0 Å². The quantitative estimate of drug-likeness (QED) is 0.474. The molecule has 0 aliphatic carbocycles. The highest BCUT2D eigenvalue weighted by atomic mass is 35.5. The molecule has 0 atom stereocenters. The lowest BCUT2D eigenvalue weighted by molar-refractivity contribution is -0.116. The van der Waals surface area contributed by atoms with Gasteiger partial charge in [-0.05, 0) is 74.2 Å². The highest BCUT2D eigenvalue weighted by molar-refractivity contribution is 7.89. The first-order valence-electron chi connectivity index (χ1n) is 10.4. The molecule has 0 heterocycles. The number of nitrogens with one attached hydrogen (secondary N) is 1. The second-order valence-corrected chi connectivity index (χ2v) is 10.4. The van der Waals surface area contributed by atoms with Crippen molar-refractivity contribution in [2.75, 3.05) is 11.9 Å². The standard InChI is InChI=1S/C25H26ClFN2O3S/c1-16-11-18(3)25(19(4)12-16)33(31,32)29(14-20-6-8-21(26)9-7-20)15-24(30)28-23-13-22(27)10-5-17(23)2/h5-13H,14-15H2,1-4H3,(H,28,30). The van der Waals surface area contributed by atoms with Crippen LogP contribution >= 0.6 is 11.6 Å². The van der Waals surface area contributed by atoms with Gasteiger partial charge in [0, 0.05) is 17.3 Å². The van der Waals surface area contributed by atoms with Crippen LogP contribution in [0.15, 0.2) is 59.5 Å². The summed E-state index contributed by atoms with van der Waals surface area (Å²) in [6.45, 7) is 6.65. The van der Waals surface area contributed by atoms with Crippen molar-refractivity contribution in [3.63, 3.8) is 0 Å². The lowest BCUT2D eigenvalue weighted by atomic mass is 10.1. The third-order valence-corrected chi connectivity index (χ3v) is 7.62. The van der Waals surface area contributed by atoms with Gasteiger partial charge in [0.2, 0.25) is 15.9 Å². The Kier molecular flexibility index (Phi) is 7.57. The van der Waals surface area contributed by atoms with Gasteiger partial charge in [0.25, 0.3) is 0 Å². The largest absolute Gasteiger partial charge is 0.325 e. The molecule has 0 bridgehead atoms. The summed E-state index contributed by atoms with van der Waals surface area (Å²) >= 11 is 5.97. The number of hydrogen-bond acceptors (Lipinski definition) is 3. The lowest BCUT2D eigenvalue weighted by Crippen LogP contribution is -2.38. The zero-order valence-electron chi connectivity index (χ0n) is 18.9. The van der Waals surface area contributed by atoms with Crippen LogP contribution in [-0.2, 0) is 21.4 Å². The van der Waals surface area contributed by atoms with Gasteiger partial charge >= 0.3 is 0 Å². The van der Waals surface area contributed by atoms with Gasteiger partial charge in [-0.2, -0.15) is 4.31 Å². The average molecular weight is 489 g/mol. The number of halogens is 2. The third-order valence-electron chi connectivity index (χ3n) is 5.27. The Morgan fingerprint density at radius 3 is 2.15 bits per heavy atom. The first-order chi connectivity index (χ1) is 15.5. The first-order valence-corrected chi connectivity index (χ1v) is 12.2. The van der Waals surface area contributed by atoms with Crippen molar-refractivity contribution >= 4 is 33.2 Å². The van der Waals surface area contributed by atoms with Crippen molar-refractivity contribution in [3.05, 3.63) is 93.3 Å². The normalized spacial score (nSPS) is 11.6. The maximum absolute atomic E-state index is 13.7. The van der Waals surface area contributed by atoms with E-state index in [1.807, 2.05) is 6.92 Å². The number of hydrogen-bond donors (Lipinski definition) is 1. The molecule has 0 aliphatic rings. The van der Waals surface area contributed by atoms with Crippen LogP contribution in [0.2, 0.25) is 5.02 Å². The van der Waals surface area contributed by atoms with Gasteiger partial charge in [-0.15, -0.1) is 0 Å². The molecule has 0 radical (unpaired) electrons. The molecule has 1 N–H and O–H groups in total. The summed E-state index contributed by atoms with van der Waals surface area (Å²) in [5.74, 6) is -1.06. The molecule has 174 valence electrons. The number of carbonyl (C=O) groups excluding carboxylic acids is 1. The smallest absolute Gasteiger partial charge is 0.244 e. The summed E-state index contributed by atoms with van der Waals surface area (Å²) in [7, 11) is -4.03. The van der Waals surface area contributed by atoms with Gasteiger partial charge < -0.3 is 5.32 Å². The van der Waals surface area contributed by atoms with Gasteiger partial charge in [-0.25, -0.2) is 12.8 Å². The predicted molar refractivity (Wildman–Crippen MR) is 129 cm³/mol. The molecular formula is C25H26ClFN2O3S. The van der Waals surface area contributed by atoms with Gasteiger partial charge in [0.1, 0.15) is 5.82 Å². The fourth-order valence-electron chi connectivity index (χ4n) is 3.80. The number of benzene rings is 3. The Balaban J connectivity index is 1.98. The molecule has 0 unspecified atom stereocenters. The number of rotatable bonds is 7. The van der Waals surface area contributed by atoms with Crippen molar-refractivity contribution in [1.29, 1.82) is 0 Å². The fourth-order valence-corrected chi connectivity index (χ4v) is 5.72. The molecule has 0 aliphatic heterocycles. The van der Waals surface area contributed by atoms with E-state index < -0.39 is 28.3 Å². The van der Waals surface area contributed by atoms with Gasteiger partial charge in [-0.3, -0.25) is 4.79 Å². The Morgan fingerprint density at radius 1 is 0.939 bits per heavy atom. The monoisotopic (exact) mass is 488 g/mol. The van der Waals surface area contributed by atoms with Crippen LogP contribution in [0.1, 0.15) is 27.8 Å². The van der Waals surface area contributed by atoms with Gasteiger partial charge in [0.05, 0.1) is 11.4 Å². The van der Waals surface area contributed by atoms with Gasteiger partial charge in [-0.1, -0.05) is 47.5 Å². The van der Waals surface area contributed by atoms with E-state index in [0.717, 1.165) is 9.87 Å². The van der Waals surface area contributed by atoms with Crippen LogP contribution in [0.4, 0.5) is 10.1 Å². The number of nitrogens with zero attached hydrogens (tertiary/aromatic N) is 1. The number of sulfonamides is 1. The molecule has 0 saturated carbocycles. The Bertz CT molecular complexity index is 1270. The molecule has 8 heteroatoms. The summed E-state index contributed by atoms with van der Waals surface area (Å²) < 4.78 is 42.2. The van der Waals surface area contributed by atoms with Crippen LogP contribution in [0.3, 0.4) is 0 Å². The van der Waals surface area contributed by atoms with E-state index in [0.29, 0.717) is 33.0 Å². The average Bonchev–Trinajstić information content (AvgIpc) is 2.71. The molecule has 0 saturated heterocycles. The molecule has 3 aromatic carbocycles. The SMILES string of the molecule is Cc1cc(C)c(S(=O)(=O)N(CC(=O)Nc2cc(F)ccc2C)Cc2ccc(Cl)cc2)c(C)c1. The second kappa shape index (κ2) is 10.0. The molecule has 3 rings (SSSR count). The molecule has 1 amide bonds. The lowest BCUT2D eigenvalue weighted by Gasteiger charge is -2.24. The molecule has 0 spiro atoms. The Morgan fingerprint density at radius 2 is 1.55 bits per heavy atom. The molecule has 3 aromatic rings. The topological polar surface area (TPSA) is 66.5 Å². The van der Waals surface area contributed by atoms with Crippen molar-refractivity contribution in [2.45, 2.75) is 39.1 Å². The van der Waals surface area contributed by atoms with Crippen LogP contribution in [-0.4, -0.2) is 25.2 Å². The van der Waals surface area contributed by atoms with E-state index in [-0.39, 0.29) is 11.4 Å². The third kappa shape index (κ3) is 5.99. The van der Waals surface area contributed by atoms with E-state index in [4.69, 9.17) is 11.6 Å². The summed E-state index contributed by atoms with van der Waals surface area (Å²) in [4.78, 5) is 13.0. The van der Waals surface area contributed by atoms with Crippen molar-refractivity contribution in [2.24, 2.45) is 0 Å². The highest BCUT2D eigenvalue weighted by Crippen LogP contribution is 2.27. The second-order valence-electron chi connectivity index (χ2n) is 8.13. The zero-order valence-corrected chi connectivity index (χ0v) is 20.5. The van der Waals surface area contributed by atoms with Crippen LogP contribution in [0.25, 0.3) is 0 Å². The van der Waals surface area contributed by atoms with Crippen LogP contribution < -0.4 is 5.32 Å². The van der Waals surface area contributed by atoms with E-state index >= 15 is 0 Å². The minimum Gasteiger partial charge on any atom is -0.325 e. The first kappa shape index (κ1) is 24.9. The number of aryl methyl sites for hydroxylation is 4. The highest BCUT2D eigenvalue weighted by Gasteiger charge is 2.30. The zero-order chi connectivity index (χ0) is 24.3. The predicted octanol–water partition coefficient (Wildman–Crippen LogP) is 5.54. The molecule has 33 heavy (non-hydrogen) atoms. The summed E-state index contributed by atoms with van der Waals surface area (Å²) in [6.07, 6.45) is 0. The summed E-state index contributed by atoms with van der Waals surface area (Å²) in [5.41, 5.74) is 3.81. The number of carbonyl (C=O) groups is 1. The van der Waals surface area contributed by atoms with Crippen molar-refractivity contribution in [1.82, 2.24) is 4.31 Å². The molecule has 0 fully saturated rings. The minimum atomic E-state index is -4.03. The summed E-state index contributed by atoms with van der Waals surface area (Å²) in [5, 5.41) is 3.16. The Labute approximate surface area is 199 Å². The van der Waals surface area contributed by atoms with E-state index in [1.54, 1.807) is 63.2 Å². The van der Waals surface area contributed by atoms with Crippen molar-refractivity contribution < 1.29 is 17.6 Å². The maximum atomic E-state index is 13.7. The maximum Gasteiger partial charge on any atom is 0.244 e. The number of amides is 1. The van der Waals surface area contributed by atoms with E-state index in [1.165, 1.54) is 12.1 Å². The minimum absolute atomic E-state index is 0.0260. The molecule has 5 nitrogen and oxygen atoms in total. The van der Waals surface area contributed by atoms with Gasteiger partial charge in [0.15, 0.2) is 0 Å². The fraction of sp³-hybridized carbons (Fsp3) is 0.240. The number of anilines is 1. The Hall–Kier alpha value is -2.74. The van der Waals surface area contributed by atoms with E-state index in [2.05, 4.69) is 5.32 Å². The molecular weight excluding hydrogens is 463 g/mol. The summed E-state index contributed by atoms with van der Waals surface area (Å²) in [6, 6.07) is 14.4. The molecule has 0 aromatic heterocycles. The van der Waals surface area contributed by atoms with Crippen LogP contribution in [0, 0.1) is 33.5 Å².